The lowest BCUT2D eigenvalue weighted by atomic mass is 10.1. The summed E-state index contributed by atoms with van der Waals surface area (Å²) in [4.78, 5) is 11.2. The largest absolute Gasteiger partial charge is 0.440 e. The highest BCUT2D eigenvalue weighted by molar-refractivity contribution is 5.85. The second kappa shape index (κ2) is 6.30. The van der Waals surface area contributed by atoms with Crippen molar-refractivity contribution in [3.05, 3.63) is 54.6 Å². The van der Waals surface area contributed by atoms with Gasteiger partial charge in [0, 0.05) is 5.69 Å². The van der Waals surface area contributed by atoms with E-state index in [1.54, 1.807) is 24.3 Å². The van der Waals surface area contributed by atoms with Gasteiger partial charge in [0.05, 0.1) is 0 Å². The Bertz CT molecular complexity index is 595. The van der Waals surface area contributed by atoms with E-state index in [4.69, 9.17) is 0 Å². The molecule has 0 saturated heterocycles. The van der Waals surface area contributed by atoms with E-state index in [1.807, 2.05) is 30.3 Å². The molecule has 0 aliphatic rings. The number of amides is 1. The van der Waals surface area contributed by atoms with Gasteiger partial charge in [0.25, 0.3) is 0 Å². The Morgan fingerprint density at radius 2 is 1.52 bits per heavy atom. The summed E-state index contributed by atoms with van der Waals surface area (Å²) in [6.07, 6.45) is -5.67. The second-order valence-corrected chi connectivity index (χ2v) is 4.26. The Morgan fingerprint density at radius 3 is 2.10 bits per heavy atom. The zero-order valence-corrected chi connectivity index (χ0v) is 10.9. The van der Waals surface area contributed by atoms with Crippen molar-refractivity contribution in [2.24, 2.45) is 0 Å². The third-order valence-corrected chi connectivity index (χ3v) is 2.61. The molecule has 0 aliphatic heterocycles. The lowest BCUT2D eigenvalue weighted by molar-refractivity contribution is -0.159. The number of hydrogen-bond donors (Lipinski definition) is 1. The molecule has 0 spiro atoms. The van der Waals surface area contributed by atoms with Crippen LogP contribution in [-0.4, -0.2) is 18.9 Å². The number of nitrogens with one attached hydrogen (secondary N) is 1. The van der Waals surface area contributed by atoms with Crippen LogP contribution < -0.4 is 5.32 Å². The second-order valence-electron chi connectivity index (χ2n) is 4.26. The molecule has 0 unspecified atom stereocenters. The van der Waals surface area contributed by atoms with Crippen LogP contribution >= 0.6 is 0 Å². The number of carbonyl (C=O) groups excluding carboxylic acids is 1. The average molecular weight is 295 g/mol. The van der Waals surface area contributed by atoms with Crippen LogP contribution in [0, 0.1) is 0 Å². The van der Waals surface area contributed by atoms with Gasteiger partial charge in [-0.05, 0) is 23.3 Å². The van der Waals surface area contributed by atoms with Crippen molar-refractivity contribution < 1.29 is 22.7 Å². The molecule has 2 rings (SSSR count). The summed E-state index contributed by atoms with van der Waals surface area (Å²) < 4.78 is 39.7. The Labute approximate surface area is 119 Å². The lowest BCUT2D eigenvalue weighted by Crippen LogP contribution is -2.23. The number of benzene rings is 2. The standard InChI is InChI=1S/C15H12F3NO2/c16-15(17,18)10-21-14(20)19-13-8-6-12(7-9-13)11-4-2-1-3-5-11/h1-9H,10H2,(H,19,20). The van der Waals surface area contributed by atoms with Crippen LogP contribution in [0.15, 0.2) is 54.6 Å². The fourth-order valence-corrected chi connectivity index (χ4v) is 1.68. The Hall–Kier alpha value is -2.50. The first-order valence-corrected chi connectivity index (χ1v) is 6.10. The topological polar surface area (TPSA) is 38.3 Å². The summed E-state index contributed by atoms with van der Waals surface area (Å²) in [5.74, 6) is 0. The molecule has 0 atom stereocenters. The first-order valence-electron chi connectivity index (χ1n) is 6.10. The summed E-state index contributed by atoms with van der Waals surface area (Å²) in [6, 6.07) is 16.3. The highest BCUT2D eigenvalue weighted by atomic mass is 19.4. The minimum Gasteiger partial charge on any atom is -0.440 e. The van der Waals surface area contributed by atoms with Gasteiger partial charge in [-0.15, -0.1) is 0 Å². The van der Waals surface area contributed by atoms with Gasteiger partial charge in [0.2, 0.25) is 0 Å². The van der Waals surface area contributed by atoms with E-state index in [0.29, 0.717) is 5.69 Å². The molecular weight excluding hydrogens is 283 g/mol. The number of halogens is 3. The fourth-order valence-electron chi connectivity index (χ4n) is 1.68. The van der Waals surface area contributed by atoms with E-state index in [-0.39, 0.29) is 0 Å². The van der Waals surface area contributed by atoms with Crippen molar-refractivity contribution in [1.29, 1.82) is 0 Å². The molecular formula is C15H12F3NO2. The van der Waals surface area contributed by atoms with E-state index >= 15 is 0 Å². The quantitative estimate of drug-likeness (QED) is 0.907. The lowest BCUT2D eigenvalue weighted by Gasteiger charge is -2.09. The summed E-state index contributed by atoms with van der Waals surface area (Å²) in [6.45, 7) is -1.61. The molecule has 0 aliphatic carbocycles. The van der Waals surface area contributed by atoms with Crippen molar-refractivity contribution in [2.45, 2.75) is 6.18 Å². The molecule has 21 heavy (non-hydrogen) atoms. The number of alkyl halides is 3. The van der Waals surface area contributed by atoms with Crippen molar-refractivity contribution >= 4 is 11.8 Å². The molecule has 1 N–H and O–H groups in total. The monoisotopic (exact) mass is 295 g/mol. The van der Waals surface area contributed by atoms with Gasteiger partial charge in [-0.3, -0.25) is 5.32 Å². The van der Waals surface area contributed by atoms with E-state index < -0.39 is 18.9 Å². The van der Waals surface area contributed by atoms with Gasteiger partial charge in [-0.1, -0.05) is 42.5 Å². The third-order valence-electron chi connectivity index (χ3n) is 2.61. The van der Waals surface area contributed by atoms with Crippen molar-refractivity contribution in [3.8, 4) is 11.1 Å². The molecule has 0 aromatic heterocycles. The predicted molar refractivity (Wildman–Crippen MR) is 72.9 cm³/mol. The number of carbonyl (C=O) groups is 1. The molecule has 2 aromatic rings. The minimum atomic E-state index is -4.53. The minimum absolute atomic E-state index is 0.363. The van der Waals surface area contributed by atoms with E-state index in [0.717, 1.165) is 11.1 Å². The highest BCUT2D eigenvalue weighted by Gasteiger charge is 2.29. The van der Waals surface area contributed by atoms with E-state index in [9.17, 15) is 18.0 Å². The number of hydrogen-bond acceptors (Lipinski definition) is 2. The van der Waals surface area contributed by atoms with Crippen LogP contribution in [0.4, 0.5) is 23.7 Å². The summed E-state index contributed by atoms with van der Waals surface area (Å²) >= 11 is 0. The van der Waals surface area contributed by atoms with Crippen LogP contribution in [0.25, 0.3) is 11.1 Å². The van der Waals surface area contributed by atoms with Crippen LogP contribution in [0.3, 0.4) is 0 Å². The zero-order valence-electron chi connectivity index (χ0n) is 10.9. The maximum Gasteiger partial charge on any atom is 0.422 e. The smallest absolute Gasteiger partial charge is 0.422 e. The molecule has 0 fully saturated rings. The highest BCUT2D eigenvalue weighted by Crippen LogP contribution is 2.21. The maximum absolute atomic E-state index is 11.9. The first kappa shape index (κ1) is 14.9. The van der Waals surface area contributed by atoms with Crippen LogP contribution in [0.1, 0.15) is 0 Å². The van der Waals surface area contributed by atoms with Crippen molar-refractivity contribution in [3.63, 3.8) is 0 Å². The molecule has 1 amide bonds. The van der Waals surface area contributed by atoms with E-state index in [1.165, 1.54) is 0 Å². The molecule has 110 valence electrons. The zero-order chi connectivity index (χ0) is 15.3. The number of rotatable bonds is 3. The summed E-state index contributed by atoms with van der Waals surface area (Å²) in [7, 11) is 0. The van der Waals surface area contributed by atoms with Crippen LogP contribution in [0.2, 0.25) is 0 Å². The van der Waals surface area contributed by atoms with Gasteiger partial charge in [-0.25, -0.2) is 4.79 Å². The van der Waals surface area contributed by atoms with Crippen molar-refractivity contribution in [2.75, 3.05) is 11.9 Å². The van der Waals surface area contributed by atoms with Crippen LogP contribution in [-0.2, 0) is 4.74 Å². The van der Waals surface area contributed by atoms with Crippen LogP contribution in [0.5, 0.6) is 0 Å². The molecule has 0 heterocycles. The summed E-state index contributed by atoms with van der Waals surface area (Å²) in [5, 5.41) is 2.23. The van der Waals surface area contributed by atoms with Gasteiger partial charge in [-0.2, -0.15) is 13.2 Å². The first-order chi connectivity index (χ1) is 9.94. The third kappa shape index (κ3) is 4.83. The summed E-state index contributed by atoms with van der Waals surface area (Å²) in [5.41, 5.74) is 2.30. The average Bonchev–Trinajstić information content (AvgIpc) is 2.46. The van der Waals surface area contributed by atoms with Gasteiger partial charge in [0.1, 0.15) is 0 Å². The van der Waals surface area contributed by atoms with Crippen molar-refractivity contribution in [1.82, 2.24) is 0 Å². The fraction of sp³-hybridized carbons (Fsp3) is 0.133. The Balaban J connectivity index is 1.95. The molecule has 6 heteroatoms. The Kier molecular flexibility index (Phi) is 4.47. The van der Waals surface area contributed by atoms with Gasteiger partial charge < -0.3 is 4.74 Å². The van der Waals surface area contributed by atoms with Gasteiger partial charge >= 0.3 is 12.3 Å². The van der Waals surface area contributed by atoms with E-state index in [2.05, 4.69) is 10.1 Å². The predicted octanol–water partition coefficient (Wildman–Crippen LogP) is 4.46. The SMILES string of the molecule is O=C(Nc1ccc(-c2ccccc2)cc1)OCC(F)(F)F. The molecule has 2 aromatic carbocycles. The Morgan fingerprint density at radius 1 is 0.952 bits per heavy atom. The normalized spacial score (nSPS) is 11.0. The maximum atomic E-state index is 11.9. The number of ether oxygens (including phenoxy) is 1. The molecule has 3 nitrogen and oxygen atoms in total. The number of anilines is 1. The molecule has 0 bridgehead atoms. The molecule has 0 radical (unpaired) electrons. The molecule has 0 saturated carbocycles. The van der Waals surface area contributed by atoms with Gasteiger partial charge in [0.15, 0.2) is 6.61 Å².